The van der Waals surface area contributed by atoms with Crippen molar-refractivity contribution in [2.45, 2.75) is 91.1 Å². The van der Waals surface area contributed by atoms with Crippen LogP contribution in [0.1, 0.15) is 89.1 Å². The van der Waals surface area contributed by atoms with E-state index in [-0.39, 0.29) is 22.9 Å². The van der Waals surface area contributed by atoms with Crippen LogP contribution in [-0.4, -0.2) is 60.2 Å². The maximum absolute atomic E-state index is 12.5. The number of hydrogen-bond donors (Lipinski definition) is 1. The quantitative estimate of drug-likeness (QED) is 0.459. The molecule has 4 aliphatic carbocycles. The number of anilines is 1. The van der Waals surface area contributed by atoms with Crippen molar-refractivity contribution in [1.29, 1.82) is 0 Å². The molecule has 204 valence electrons. The van der Waals surface area contributed by atoms with Crippen molar-refractivity contribution in [3.05, 3.63) is 16.6 Å². The number of esters is 1. The second-order valence-corrected chi connectivity index (χ2v) is 14.0. The van der Waals surface area contributed by atoms with E-state index < -0.39 is 0 Å². The van der Waals surface area contributed by atoms with Crippen LogP contribution in [0.3, 0.4) is 0 Å². The molecule has 0 radical (unpaired) electrons. The van der Waals surface area contributed by atoms with Gasteiger partial charge in [-0.1, -0.05) is 44.6 Å². The number of thiazole rings is 1. The molecule has 5 aliphatic rings. The first-order valence-electron chi connectivity index (χ1n) is 14.9. The molecule has 6 nitrogen and oxygen atoms in total. The minimum absolute atomic E-state index is 0.0274. The third kappa shape index (κ3) is 4.47. The Labute approximate surface area is 227 Å². The number of nitrogens with one attached hydrogen (secondary N) is 1. The molecular formula is C30H46N4O2S. The number of carbonyl (C=O) groups excluding carboxylic acids is 1. The summed E-state index contributed by atoms with van der Waals surface area (Å²) in [7, 11) is 2.20. The molecule has 6 atom stereocenters. The van der Waals surface area contributed by atoms with Crippen molar-refractivity contribution in [1.82, 2.24) is 14.9 Å². The highest BCUT2D eigenvalue weighted by Gasteiger charge is 2.60. The zero-order valence-electron chi connectivity index (χ0n) is 23.4. The number of rotatable bonds is 6. The first kappa shape index (κ1) is 25.8. The molecule has 1 N–H and O–H groups in total. The van der Waals surface area contributed by atoms with Crippen LogP contribution >= 0.6 is 11.3 Å². The van der Waals surface area contributed by atoms with Crippen LogP contribution in [0.25, 0.3) is 5.57 Å². The van der Waals surface area contributed by atoms with Gasteiger partial charge in [0.1, 0.15) is 6.10 Å². The van der Waals surface area contributed by atoms with Gasteiger partial charge in [-0.2, -0.15) is 0 Å². The van der Waals surface area contributed by atoms with E-state index in [1.807, 2.05) is 11.3 Å². The SMILES string of the molecule is CCCCC(=O)O[C@H]1CC[C@H]2[C@@H]3CC=C4c5sc(NN6CCN(C)CC6)nc5CC[C@]4(C)[C@H]3CC[C@]12C. The summed E-state index contributed by atoms with van der Waals surface area (Å²) in [6, 6.07) is 0. The van der Waals surface area contributed by atoms with E-state index in [4.69, 9.17) is 9.72 Å². The monoisotopic (exact) mass is 526 g/mol. The first-order valence-corrected chi connectivity index (χ1v) is 15.7. The number of aryl methyl sites for hydroxylation is 1. The number of aromatic nitrogens is 1. The van der Waals surface area contributed by atoms with Gasteiger partial charge in [0.2, 0.25) is 0 Å². The summed E-state index contributed by atoms with van der Waals surface area (Å²) in [5, 5.41) is 3.41. The maximum Gasteiger partial charge on any atom is 0.306 e. The lowest BCUT2D eigenvalue weighted by Crippen LogP contribution is -2.50. The van der Waals surface area contributed by atoms with Gasteiger partial charge in [0, 0.05) is 38.0 Å². The Morgan fingerprint density at radius 1 is 1.16 bits per heavy atom. The van der Waals surface area contributed by atoms with Gasteiger partial charge < -0.3 is 9.64 Å². The summed E-state index contributed by atoms with van der Waals surface area (Å²) in [6.07, 6.45) is 13.5. The highest BCUT2D eigenvalue weighted by molar-refractivity contribution is 7.16. The number of unbranched alkanes of at least 4 members (excludes halogenated alkanes) is 1. The molecular weight excluding hydrogens is 480 g/mol. The highest BCUT2D eigenvalue weighted by atomic mass is 32.1. The number of carbonyl (C=O) groups is 1. The molecule has 6 rings (SSSR count). The standard InChI is InChI=1S/C30H46N4O2S/c1-5-6-7-26(35)36-25-11-10-21-20-8-9-23-27-24(13-15-29(23,2)22(20)12-14-30(21,25)3)31-28(37-27)32-34-18-16-33(4)17-19-34/h9,20-22,25H,5-8,10-19H2,1-4H3,(H,31,32)/t20-,21-,22-,25-,29+,30-/m0/s1. The van der Waals surface area contributed by atoms with Crippen LogP contribution in [0.15, 0.2) is 6.08 Å². The molecule has 3 fully saturated rings. The van der Waals surface area contributed by atoms with Crippen LogP contribution in [-0.2, 0) is 16.0 Å². The molecule has 0 spiro atoms. The lowest BCUT2D eigenvalue weighted by atomic mass is 9.48. The Kier molecular flexibility index (Phi) is 6.94. The van der Waals surface area contributed by atoms with E-state index >= 15 is 0 Å². The van der Waals surface area contributed by atoms with Crippen molar-refractivity contribution in [2.24, 2.45) is 28.6 Å². The number of allylic oxidation sites excluding steroid dienone is 2. The Morgan fingerprint density at radius 2 is 1.97 bits per heavy atom. The van der Waals surface area contributed by atoms with Gasteiger partial charge in [-0.3, -0.25) is 10.2 Å². The van der Waals surface area contributed by atoms with Crippen LogP contribution in [0.2, 0.25) is 0 Å². The number of hydrazine groups is 1. The second-order valence-electron chi connectivity index (χ2n) is 13.0. The van der Waals surface area contributed by atoms with Crippen LogP contribution in [0.4, 0.5) is 5.13 Å². The van der Waals surface area contributed by atoms with Gasteiger partial charge in [0.25, 0.3) is 0 Å². The number of fused-ring (bicyclic) bond motifs is 7. The van der Waals surface area contributed by atoms with E-state index in [2.05, 4.69) is 49.2 Å². The molecule has 0 unspecified atom stereocenters. The molecule has 0 aromatic carbocycles. The number of piperazine rings is 1. The van der Waals surface area contributed by atoms with Crippen LogP contribution in [0, 0.1) is 28.6 Å². The fourth-order valence-electron chi connectivity index (χ4n) is 8.66. The lowest BCUT2D eigenvalue weighted by molar-refractivity contribution is -0.159. The van der Waals surface area contributed by atoms with Crippen molar-refractivity contribution in [2.75, 3.05) is 38.7 Å². The predicted octanol–water partition coefficient (Wildman–Crippen LogP) is 6.00. The first-order chi connectivity index (χ1) is 17.8. The number of nitrogens with zero attached hydrogens (tertiary/aromatic N) is 3. The van der Waals surface area contributed by atoms with Crippen molar-refractivity contribution >= 4 is 28.0 Å². The van der Waals surface area contributed by atoms with Crippen molar-refractivity contribution < 1.29 is 9.53 Å². The Balaban J connectivity index is 1.19. The second kappa shape index (κ2) is 9.95. The molecule has 1 aromatic heterocycles. The summed E-state index contributed by atoms with van der Waals surface area (Å²) < 4.78 is 6.14. The largest absolute Gasteiger partial charge is 0.462 e. The number of hydrogen-bond acceptors (Lipinski definition) is 7. The molecule has 1 saturated heterocycles. The summed E-state index contributed by atoms with van der Waals surface area (Å²) in [6.45, 7) is 11.4. The van der Waals surface area contributed by atoms with Gasteiger partial charge in [0.15, 0.2) is 5.13 Å². The van der Waals surface area contributed by atoms with E-state index in [1.165, 1.54) is 42.7 Å². The maximum atomic E-state index is 12.5. The summed E-state index contributed by atoms with van der Waals surface area (Å²) in [5.74, 6) is 2.13. The van der Waals surface area contributed by atoms with E-state index in [9.17, 15) is 4.79 Å². The third-order valence-electron chi connectivity index (χ3n) is 11.0. The van der Waals surface area contributed by atoms with E-state index in [0.717, 1.165) is 62.9 Å². The summed E-state index contributed by atoms with van der Waals surface area (Å²) in [5.41, 5.74) is 6.92. The predicted molar refractivity (Wildman–Crippen MR) is 150 cm³/mol. The Hall–Kier alpha value is -1.44. The summed E-state index contributed by atoms with van der Waals surface area (Å²) >= 11 is 1.88. The van der Waals surface area contributed by atoms with Gasteiger partial charge in [-0.25, -0.2) is 9.99 Å². The molecule has 1 aromatic rings. The van der Waals surface area contributed by atoms with E-state index in [1.54, 1.807) is 5.57 Å². The molecule has 37 heavy (non-hydrogen) atoms. The zero-order valence-corrected chi connectivity index (χ0v) is 24.2. The third-order valence-corrected chi connectivity index (χ3v) is 12.0. The molecule has 2 heterocycles. The minimum Gasteiger partial charge on any atom is -0.462 e. The smallest absolute Gasteiger partial charge is 0.306 e. The van der Waals surface area contributed by atoms with Gasteiger partial charge >= 0.3 is 5.97 Å². The highest BCUT2D eigenvalue weighted by Crippen LogP contribution is 2.66. The van der Waals surface area contributed by atoms with Crippen molar-refractivity contribution in [3.63, 3.8) is 0 Å². The van der Waals surface area contributed by atoms with Gasteiger partial charge in [-0.15, -0.1) is 0 Å². The fourth-order valence-corrected chi connectivity index (χ4v) is 9.88. The molecule has 1 aliphatic heterocycles. The Bertz CT molecular complexity index is 1050. The topological polar surface area (TPSA) is 57.7 Å². The summed E-state index contributed by atoms with van der Waals surface area (Å²) in [4.78, 5) is 21.4. The van der Waals surface area contributed by atoms with Gasteiger partial charge in [0.05, 0.1) is 10.6 Å². The average molecular weight is 527 g/mol. The molecule has 2 saturated carbocycles. The van der Waals surface area contributed by atoms with Gasteiger partial charge in [-0.05, 0) is 87.2 Å². The zero-order chi connectivity index (χ0) is 25.8. The lowest BCUT2D eigenvalue weighted by Gasteiger charge is -2.56. The molecule has 7 heteroatoms. The van der Waals surface area contributed by atoms with Crippen molar-refractivity contribution in [3.8, 4) is 0 Å². The minimum atomic E-state index is 0.0274. The normalized spacial score (nSPS) is 37.7. The average Bonchev–Trinajstić information content (AvgIpc) is 3.44. The molecule has 0 bridgehead atoms. The molecule has 0 amide bonds. The van der Waals surface area contributed by atoms with Crippen LogP contribution in [0.5, 0.6) is 0 Å². The van der Waals surface area contributed by atoms with E-state index in [0.29, 0.717) is 18.3 Å². The van der Waals surface area contributed by atoms with Crippen LogP contribution < -0.4 is 5.43 Å². The number of ether oxygens (including phenoxy) is 1. The Morgan fingerprint density at radius 3 is 2.76 bits per heavy atom. The number of likely N-dealkylation sites (N-methyl/N-ethyl adjacent to an activating group) is 1. The fraction of sp³-hybridized carbons (Fsp3) is 0.800.